The Bertz CT molecular complexity index is 915. The smallest absolute Gasteiger partial charge is 0.325 e. The third-order valence-electron chi connectivity index (χ3n) is 4.32. The molecule has 0 radical (unpaired) electrons. The Morgan fingerprint density at radius 1 is 1.21 bits per heavy atom. The first-order chi connectivity index (χ1) is 13.5. The number of amides is 2. The number of anilines is 1. The first kappa shape index (κ1) is 19.7. The highest BCUT2D eigenvalue weighted by Gasteiger charge is 2.26. The minimum atomic E-state index is -0.517. The minimum absolute atomic E-state index is 0.186. The lowest BCUT2D eigenvalue weighted by Crippen LogP contribution is -2.39. The highest BCUT2D eigenvalue weighted by atomic mass is 35.5. The Hall–Kier alpha value is -3.06. The number of hydrogen-bond acceptors (Lipinski definition) is 5. The van der Waals surface area contributed by atoms with E-state index < -0.39 is 11.9 Å². The largest absolute Gasteiger partial charge is 0.492 e. The number of rotatable bonds is 5. The van der Waals surface area contributed by atoms with Gasteiger partial charge in [0.1, 0.15) is 18.9 Å². The first-order valence-corrected chi connectivity index (χ1v) is 9.01. The Labute approximate surface area is 167 Å². The lowest BCUT2D eigenvalue weighted by atomic mass is 9.95. The molecule has 0 bridgehead atoms. The second-order valence-corrected chi connectivity index (χ2v) is 6.73. The lowest BCUT2D eigenvalue weighted by molar-refractivity contribution is -0.141. The zero-order valence-corrected chi connectivity index (χ0v) is 15.9. The van der Waals surface area contributed by atoms with E-state index in [1.807, 2.05) is 0 Å². The van der Waals surface area contributed by atoms with Crippen molar-refractivity contribution in [1.82, 2.24) is 5.32 Å². The van der Waals surface area contributed by atoms with Gasteiger partial charge in [0, 0.05) is 16.3 Å². The second-order valence-electron chi connectivity index (χ2n) is 6.29. The molecule has 1 heterocycles. The van der Waals surface area contributed by atoms with Crippen LogP contribution < -0.4 is 15.4 Å². The molecule has 2 N–H and O–H groups in total. The van der Waals surface area contributed by atoms with E-state index in [1.54, 1.807) is 42.5 Å². The monoisotopic (exact) mass is 402 g/mol. The van der Waals surface area contributed by atoms with Gasteiger partial charge in [-0.1, -0.05) is 17.7 Å². The van der Waals surface area contributed by atoms with E-state index >= 15 is 0 Å². The molecule has 8 heteroatoms. The number of methoxy groups -OCH3 is 1. The molecule has 1 aliphatic rings. The van der Waals surface area contributed by atoms with Crippen LogP contribution in [0.4, 0.5) is 5.69 Å². The summed E-state index contributed by atoms with van der Waals surface area (Å²) in [6, 6.07) is 11.9. The van der Waals surface area contributed by atoms with Crippen LogP contribution in [0.1, 0.15) is 15.9 Å². The molecule has 2 aromatic rings. The van der Waals surface area contributed by atoms with Crippen LogP contribution in [0.15, 0.2) is 42.5 Å². The van der Waals surface area contributed by atoms with Gasteiger partial charge in [0.25, 0.3) is 5.91 Å². The summed E-state index contributed by atoms with van der Waals surface area (Å²) in [6.07, 6.45) is 0.434. The minimum Gasteiger partial charge on any atom is -0.492 e. The molecule has 0 aromatic heterocycles. The zero-order chi connectivity index (χ0) is 20.1. The van der Waals surface area contributed by atoms with Gasteiger partial charge in [-0.3, -0.25) is 14.4 Å². The average Bonchev–Trinajstić information content (AvgIpc) is 2.71. The number of nitrogens with one attached hydrogen (secondary N) is 2. The predicted molar refractivity (Wildman–Crippen MR) is 104 cm³/mol. The fourth-order valence-corrected chi connectivity index (χ4v) is 3.04. The van der Waals surface area contributed by atoms with Crippen molar-refractivity contribution in [2.75, 3.05) is 25.6 Å². The van der Waals surface area contributed by atoms with Gasteiger partial charge >= 0.3 is 5.97 Å². The normalized spacial score (nSPS) is 15.0. The van der Waals surface area contributed by atoms with Gasteiger partial charge in [0.15, 0.2) is 0 Å². The van der Waals surface area contributed by atoms with Crippen LogP contribution in [0.5, 0.6) is 5.75 Å². The van der Waals surface area contributed by atoms with Crippen LogP contribution in [-0.2, 0) is 20.7 Å². The third kappa shape index (κ3) is 4.80. The van der Waals surface area contributed by atoms with Crippen molar-refractivity contribution < 1.29 is 23.9 Å². The summed E-state index contributed by atoms with van der Waals surface area (Å²) in [5.41, 5.74) is 1.83. The van der Waals surface area contributed by atoms with Crippen molar-refractivity contribution >= 4 is 35.1 Å². The van der Waals surface area contributed by atoms with Gasteiger partial charge in [-0.15, -0.1) is 0 Å². The van der Waals surface area contributed by atoms with E-state index in [2.05, 4.69) is 15.4 Å². The number of carbonyl (C=O) groups excluding carboxylic acids is 3. The summed E-state index contributed by atoms with van der Waals surface area (Å²) < 4.78 is 10.2. The number of esters is 1. The van der Waals surface area contributed by atoms with Crippen molar-refractivity contribution in [3.63, 3.8) is 0 Å². The van der Waals surface area contributed by atoms with Gasteiger partial charge in [0.05, 0.1) is 13.0 Å². The molecule has 1 atom stereocenters. The standard InChI is InChI=1S/C20H19ClN2O5/c1-27-18(24)10-22-19(25)14-7-13-9-16(5-6-17(13)28-11-14)23-20(26)12-3-2-4-15(21)8-12/h2-6,8-9,14H,7,10-11H2,1H3,(H,22,25)(H,23,26)/t14-/m1/s1. The highest BCUT2D eigenvalue weighted by molar-refractivity contribution is 6.31. The molecule has 2 amide bonds. The molecule has 0 saturated carbocycles. The van der Waals surface area contributed by atoms with Crippen LogP contribution in [0.3, 0.4) is 0 Å². The van der Waals surface area contributed by atoms with Gasteiger partial charge < -0.3 is 20.1 Å². The summed E-state index contributed by atoms with van der Waals surface area (Å²) in [4.78, 5) is 35.8. The van der Waals surface area contributed by atoms with Crippen molar-refractivity contribution in [3.05, 3.63) is 58.6 Å². The number of fused-ring (bicyclic) bond motifs is 1. The maximum atomic E-state index is 12.4. The van der Waals surface area contributed by atoms with Crippen LogP contribution in [0.2, 0.25) is 5.02 Å². The summed E-state index contributed by atoms with van der Waals surface area (Å²) in [5.74, 6) is -0.860. The maximum absolute atomic E-state index is 12.4. The topological polar surface area (TPSA) is 93.7 Å². The number of halogens is 1. The number of benzene rings is 2. The molecule has 0 aliphatic carbocycles. The van der Waals surface area contributed by atoms with E-state index in [4.69, 9.17) is 16.3 Å². The molecular formula is C20H19ClN2O5. The third-order valence-corrected chi connectivity index (χ3v) is 4.55. The Kier molecular flexibility index (Phi) is 6.16. The molecule has 0 saturated heterocycles. The molecule has 0 unspecified atom stereocenters. The second kappa shape index (κ2) is 8.75. The Balaban J connectivity index is 1.66. The molecule has 1 aliphatic heterocycles. The van der Waals surface area contributed by atoms with E-state index in [1.165, 1.54) is 7.11 Å². The van der Waals surface area contributed by atoms with Gasteiger partial charge in [-0.05, 0) is 48.4 Å². The quantitative estimate of drug-likeness (QED) is 0.749. The van der Waals surface area contributed by atoms with Gasteiger partial charge in [-0.25, -0.2) is 0 Å². The fourth-order valence-electron chi connectivity index (χ4n) is 2.85. The molecular weight excluding hydrogens is 384 g/mol. The summed E-state index contributed by atoms with van der Waals surface area (Å²) >= 11 is 5.92. The van der Waals surface area contributed by atoms with Crippen LogP contribution in [-0.4, -0.2) is 38.0 Å². The van der Waals surface area contributed by atoms with Crippen LogP contribution in [0, 0.1) is 5.92 Å². The van der Waals surface area contributed by atoms with E-state index in [0.29, 0.717) is 28.4 Å². The number of carbonyl (C=O) groups is 3. The number of ether oxygens (including phenoxy) is 2. The van der Waals surface area contributed by atoms with Crippen molar-refractivity contribution in [3.8, 4) is 5.75 Å². The molecule has 146 valence electrons. The summed E-state index contributed by atoms with van der Waals surface area (Å²) in [5, 5.41) is 5.82. The SMILES string of the molecule is COC(=O)CNC(=O)[C@H]1COc2ccc(NC(=O)c3cccc(Cl)c3)cc2C1. The van der Waals surface area contributed by atoms with E-state index in [9.17, 15) is 14.4 Å². The summed E-state index contributed by atoms with van der Waals surface area (Å²) in [6.45, 7) is 0.0304. The van der Waals surface area contributed by atoms with Gasteiger partial charge in [0.2, 0.25) is 5.91 Å². The predicted octanol–water partition coefficient (Wildman–Crippen LogP) is 2.43. The highest BCUT2D eigenvalue weighted by Crippen LogP contribution is 2.30. The molecule has 28 heavy (non-hydrogen) atoms. The zero-order valence-electron chi connectivity index (χ0n) is 15.2. The summed E-state index contributed by atoms with van der Waals surface area (Å²) in [7, 11) is 1.26. The fraction of sp³-hybridized carbons (Fsp3) is 0.250. The molecule has 0 spiro atoms. The average molecular weight is 403 g/mol. The van der Waals surface area contributed by atoms with Crippen LogP contribution >= 0.6 is 11.6 Å². The van der Waals surface area contributed by atoms with Gasteiger partial charge in [-0.2, -0.15) is 0 Å². The lowest BCUT2D eigenvalue weighted by Gasteiger charge is -2.25. The first-order valence-electron chi connectivity index (χ1n) is 8.63. The van der Waals surface area contributed by atoms with Crippen molar-refractivity contribution in [1.29, 1.82) is 0 Å². The van der Waals surface area contributed by atoms with Crippen molar-refractivity contribution in [2.24, 2.45) is 5.92 Å². The van der Waals surface area contributed by atoms with Crippen LogP contribution in [0.25, 0.3) is 0 Å². The number of hydrogen-bond donors (Lipinski definition) is 2. The molecule has 0 fully saturated rings. The van der Waals surface area contributed by atoms with E-state index in [-0.39, 0.29) is 25.0 Å². The molecule has 2 aromatic carbocycles. The Morgan fingerprint density at radius 3 is 2.79 bits per heavy atom. The molecule has 3 rings (SSSR count). The maximum Gasteiger partial charge on any atom is 0.325 e. The molecule has 7 nitrogen and oxygen atoms in total. The van der Waals surface area contributed by atoms with E-state index in [0.717, 1.165) is 5.56 Å². The van der Waals surface area contributed by atoms with Crippen molar-refractivity contribution in [2.45, 2.75) is 6.42 Å². The Morgan fingerprint density at radius 2 is 2.04 bits per heavy atom.